The Morgan fingerprint density at radius 2 is 2.04 bits per heavy atom. The van der Waals surface area contributed by atoms with Crippen LogP contribution in [0.15, 0.2) is 47.6 Å². The van der Waals surface area contributed by atoms with Gasteiger partial charge in [-0.3, -0.25) is 4.79 Å². The number of nitrogens with zero attached hydrogens (tertiary/aromatic N) is 1. The summed E-state index contributed by atoms with van der Waals surface area (Å²) in [5, 5.41) is 4.01. The van der Waals surface area contributed by atoms with E-state index in [1.165, 1.54) is 11.1 Å². The van der Waals surface area contributed by atoms with Gasteiger partial charge < -0.3 is 9.47 Å². The summed E-state index contributed by atoms with van der Waals surface area (Å²) in [4.78, 5) is 11.9. The number of benzene rings is 2. The van der Waals surface area contributed by atoms with Crippen LogP contribution in [-0.4, -0.2) is 25.8 Å². The van der Waals surface area contributed by atoms with Gasteiger partial charge in [-0.25, -0.2) is 5.43 Å². The van der Waals surface area contributed by atoms with Crippen LogP contribution in [0.1, 0.15) is 36.5 Å². The molecule has 0 unspecified atom stereocenters. The van der Waals surface area contributed by atoms with Crippen molar-refractivity contribution in [1.29, 1.82) is 0 Å². The molecule has 0 aliphatic rings. The first-order valence-corrected chi connectivity index (χ1v) is 8.80. The standard InChI is InChI=1S/C21H26N2O3/c1-4-26-20-9-5-7-17(14-20)15-22-23-21(24)10-6-8-18-11-12-19(25-3)13-16(18)2/h5,7,9,11-15H,4,6,8,10H2,1-3H3,(H,23,24)/b22-15-. The Bertz CT molecular complexity index is 757. The summed E-state index contributed by atoms with van der Waals surface area (Å²) < 4.78 is 10.6. The molecule has 2 aromatic carbocycles. The van der Waals surface area contributed by atoms with Crippen molar-refractivity contribution in [1.82, 2.24) is 5.43 Å². The topological polar surface area (TPSA) is 59.9 Å². The molecule has 0 bridgehead atoms. The van der Waals surface area contributed by atoms with Crippen LogP contribution < -0.4 is 14.9 Å². The minimum Gasteiger partial charge on any atom is -0.497 e. The van der Waals surface area contributed by atoms with E-state index in [2.05, 4.69) is 23.5 Å². The predicted octanol–water partition coefficient (Wildman–Crippen LogP) is 3.88. The van der Waals surface area contributed by atoms with Gasteiger partial charge in [0.15, 0.2) is 0 Å². The Balaban J connectivity index is 1.76. The van der Waals surface area contributed by atoms with Crippen molar-refractivity contribution in [2.75, 3.05) is 13.7 Å². The molecule has 0 aliphatic heterocycles. The molecule has 0 saturated carbocycles. The molecule has 2 rings (SSSR count). The number of ether oxygens (including phenoxy) is 2. The maximum atomic E-state index is 11.9. The Morgan fingerprint density at radius 3 is 2.77 bits per heavy atom. The third-order valence-corrected chi connectivity index (χ3v) is 3.97. The van der Waals surface area contributed by atoms with E-state index in [0.717, 1.165) is 29.9 Å². The summed E-state index contributed by atoms with van der Waals surface area (Å²) in [6.07, 6.45) is 3.67. The molecule has 0 saturated heterocycles. The van der Waals surface area contributed by atoms with Crippen LogP contribution in [0, 0.1) is 6.92 Å². The molecule has 138 valence electrons. The van der Waals surface area contributed by atoms with Gasteiger partial charge in [-0.05, 0) is 67.6 Å². The Kier molecular flexibility index (Phi) is 7.68. The zero-order valence-corrected chi connectivity index (χ0v) is 15.6. The lowest BCUT2D eigenvalue weighted by Crippen LogP contribution is -2.17. The van der Waals surface area contributed by atoms with Crippen molar-refractivity contribution in [3.8, 4) is 11.5 Å². The van der Waals surface area contributed by atoms with Gasteiger partial charge in [0.05, 0.1) is 19.9 Å². The molecule has 0 atom stereocenters. The Morgan fingerprint density at radius 1 is 1.19 bits per heavy atom. The summed E-state index contributed by atoms with van der Waals surface area (Å²) >= 11 is 0. The van der Waals surface area contributed by atoms with Crippen LogP contribution in [0.5, 0.6) is 11.5 Å². The number of carbonyl (C=O) groups is 1. The van der Waals surface area contributed by atoms with Gasteiger partial charge in [0.1, 0.15) is 11.5 Å². The second-order valence-corrected chi connectivity index (χ2v) is 5.94. The minimum atomic E-state index is -0.0895. The van der Waals surface area contributed by atoms with Crippen LogP contribution in [0.25, 0.3) is 0 Å². The number of hydrogen-bond acceptors (Lipinski definition) is 4. The Labute approximate surface area is 155 Å². The fourth-order valence-electron chi connectivity index (χ4n) is 2.60. The monoisotopic (exact) mass is 354 g/mol. The van der Waals surface area contributed by atoms with E-state index in [-0.39, 0.29) is 5.91 Å². The van der Waals surface area contributed by atoms with Crippen molar-refractivity contribution < 1.29 is 14.3 Å². The van der Waals surface area contributed by atoms with Gasteiger partial charge in [-0.2, -0.15) is 5.10 Å². The van der Waals surface area contributed by atoms with Gasteiger partial charge in [0, 0.05) is 6.42 Å². The number of aryl methyl sites for hydroxylation is 2. The summed E-state index contributed by atoms with van der Waals surface area (Å²) in [7, 11) is 1.66. The average molecular weight is 354 g/mol. The van der Waals surface area contributed by atoms with Crippen molar-refractivity contribution in [2.45, 2.75) is 33.1 Å². The van der Waals surface area contributed by atoms with Crippen LogP contribution in [0.2, 0.25) is 0 Å². The molecule has 0 aliphatic carbocycles. The van der Waals surface area contributed by atoms with E-state index in [1.807, 2.05) is 43.3 Å². The smallest absolute Gasteiger partial charge is 0.240 e. The summed E-state index contributed by atoms with van der Waals surface area (Å²) in [5.41, 5.74) is 5.86. The van der Waals surface area contributed by atoms with E-state index in [4.69, 9.17) is 9.47 Å². The van der Waals surface area contributed by atoms with E-state index < -0.39 is 0 Å². The highest BCUT2D eigenvalue weighted by Crippen LogP contribution is 2.18. The number of methoxy groups -OCH3 is 1. The lowest BCUT2D eigenvalue weighted by Gasteiger charge is -2.07. The maximum absolute atomic E-state index is 11.9. The highest BCUT2D eigenvalue weighted by Gasteiger charge is 2.04. The molecule has 0 fully saturated rings. The normalized spacial score (nSPS) is 10.7. The molecular formula is C21H26N2O3. The van der Waals surface area contributed by atoms with Gasteiger partial charge in [0.2, 0.25) is 5.91 Å². The average Bonchev–Trinajstić information content (AvgIpc) is 2.63. The second kappa shape index (κ2) is 10.2. The molecule has 26 heavy (non-hydrogen) atoms. The highest BCUT2D eigenvalue weighted by molar-refractivity contribution is 5.82. The summed E-state index contributed by atoms with van der Waals surface area (Å²) in [6.45, 7) is 4.61. The molecule has 1 amide bonds. The third-order valence-electron chi connectivity index (χ3n) is 3.97. The number of rotatable bonds is 9. The van der Waals surface area contributed by atoms with Crippen LogP contribution >= 0.6 is 0 Å². The van der Waals surface area contributed by atoms with E-state index in [9.17, 15) is 4.79 Å². The zero-order chi connectivity index (χ0) is 18.8. The Hall–Kier alpha value is -2.82. The number of nitrogens with one attached hydrogen (secondary N) is 1. The van der Waals surface area contributed by atoms with Crippen LogP contribution in [0.4, 0.5) is 0 Å². The SMILES string of the molecule is CCOc1cccc(/C=N\NC(=O)CCCc2ccc(OC)cc2C)c1. The quantitative estimate of drug-likeness (QED) is 0.549. The lowest BCUT2D eigenvalue weighted by molar-refractivity contribution is -0.121. The highest BCUT2D eigenvalue weighted by atomic mass is 16.5. The van der Waals surface area contributed by atoms with Gasteiger partial charge in [0.25, 0.3) is 0 Å². The molecule has 0 aromatic heterocycles. The van der Waals surface area contributed by atoms with E-state index >= 15 is 0 Å². The van der Waals surface area contributed by atoms with Gasteiger partial charge in [-0.1, -0.05) is 18.2 Å². The van der Waals surface area contributed by atoms with Crippen LogP contribution in [-0.2, 0) is 11.2 Å². The van der Waals surface area contributed by atoms with Crippen molar-refractivity contribution in [2.24, 2.45) is 5.10 Å². The molecule has 0 spiro atoms. The molecule has 5 nitrogen and oxygen atoms in total. The number of amides is 1. The van der Waals surface area contributed by atoms with E-state index in [1.54, 1.807) is 13.3 Å². The second-order valence-electron chi connectivity index (χ2n) is 5.94. The first kappa shape index (κ1) is 19.5. The van der Waals surface area contributed by atoms with Crippen molar-refractivity contribution in [3.05, 3.63) is 59.2 Å². The van der Waals surface area contributed by atoms with Crippen LogP contribution in [0.3, 0.4) is 0 Å². The van der Waals surface area contributed by atoms with Gasteiger partial charge >= 0.3 is 0 Å². The zero-order valence-electron chi connectivity index (χ0n) is 15.6. The largest absolute Gasteiger partial charge is 0.497 e. The van der Waals surface area contributed by atoms with Crippen molar-refractivity contribution >= 4 is 12.1 Å². The molecule has 0 radical (unpaired) electrons. The molecule has 2 aromatic rings. The fourth-order valence-corrected chi connectivity index (χ4v) is 2.60. The first-order valence-electron chi connectivity index (χ1n) is 8.80. The summed E-state index contributed by atoms with van der Waals surface area (Å²) in [5.74, 6) is 1.55. The predicted molar refractivity (Wildman–Crippen MR) is 104 cm³/mol. The van der Waals surface area contributed by atoms with Crippen molar-refractivity contribution in [3.63, 3.8) is 0 Å². The van der Waals surface area contributed by atoms with Gasteiger partial charge in [-0.15, -0.1) is 0 Å². The summed E-state index contributed by atoms with van der Waals surface area (Å²) in [6, 6.07) is 13.6. The molecular weight excluding hydrogens is 328 g/mol. The lowest BCUT2D eigenvalue weighted by atomic mass is 10.0. The number of carbonyl (C=O) groups excluding carboxylic acids is 1. The first-order chi connectivity index (χ1) is 12.6. The number of hydrazone groups is 1. The number of hydrogen-bond donors (Lipinski definition) is 1. The van der Waals surface area contributed by atoms with E-state index in [0.29, 0.717) is 13.0 Å². The third kappa shape index (κ3) is 6.24. The fraction of sp³-hybridized carbons (Fsp3) is 0.333. The molecule has 5 heteroatoms. The molecule has 0 heterocycles. The maximum Gasteiger partial charge on any atom is 0.240 e. The molecule has 1 N–H and O–H groups in total. The minimum absolute atomic E-state index is 0.0895.